The van der Waals surface area contributed by atoms with Crippen LogP contribution < -0.4 is 10.5 Å². The Morgan fingerprint density at radius 2 is 2.14 bits per heavy atom. The van der Waals surface area contributed by atoms with Gasteiger partial charge in [-0.25, -0.2) is 19.6 Å². The second kappa shape index (κ2) is 6.55. The minimum atomic E-state index is -0.120. The number of hydrogen-bond donors (Lipinski definition) is 0. The molecule has 1 unspecified atom stereocenters. The summed E-state index contributed by atoms with van der Waals surface area (Å²) < 4.78 is 5.06. The molecule has 1 fully saturated rings. The number of anilines is 1. The molecule has 10 heteroatoms. The van der Waals surface area contributed by atoms with E-state index in [1.807, 2.05) is 13.2 Å². The topological polar surface area (TPSA) is 99.6 Å². The summed E-state index contributed by atoms with van der Waals surface area (Å²) in [5.41, 5.74) is 0.556. The minimum absolute atomic E-state index is 0.120. The van der Waals surface area contributed by atoms with E-state index in [2.05, 4.69) is 30.0 Å². The Bertz CT molecular complexity index is 1180. The largest absolute Gasteiger partial charge is 0.351 e. The highest BCUT2D eigenvalue weighted by Crippen LogP contribution is 2.29. The molecule has 4 aromatic rings. The fourth-order valence-corrected chi connectivity index (χ4v) is 3.77. The van der Waals surface area contributed by atoms with Crippen LogP contribution in [-0.4, -0.2) is 51.7 Å². The van der Waals surface area contributed by atoms with Gasteiger partial charge in [0, 0.05) is 38.2 Å². The molecule has 1 atom stereocenters. The molecule has 28 heavy (non-hydrogen) atoms. The predicted octanol–water partition coefficient (Wildman–Crippen LogP) is 0.775. The molecule has 10 nitrogen and oxygen atoms in total. The summed E-state index contributed by atoms with van der Waals surface area (Å²) in [6.45, 7) is 1.37. The van der Waals surface area contributed by atoms with Gasteiger partial charge in [0.2, 0.25) is 0 Å². The molecular formula is C18H19N9O. The maximum atomic E-state index is 12.4. The van der Waals surface area contributed by atoms with Crippen molar-refractivity contribution in [1.29, 1.82) is 0 Å². The minimum Gasteiger partial charge on any atom is -0.351 e. The fraction of sp³-hybridized carbons (Fsp3) is 0.333. The van der Waals surface area contributed by atoms with Crippen LogP contribution in [-0.2, 0) is 13.6 Å². The lowest BCUT2D eigenvalue weighted by molar-refractivity contribution is 0.485. The maximum absolute atomic E-state index is 12.4. The van der Waals surface area contributed by atoms with Crippen LogP contribution in [0, 0.1) is 0 Å². The average Bonchev–Trinajstić information content (AvgIpc) is 3.43. The maximum Gasteiger partial charge on any atom is 0.266 e. The number of aryl methyl sites for hydroxylation is 1. The molecule has 1 aliphatic heterocycles. The van der Waals surface area contributed by atoms with Crippen molar-refractivity contribution in [3.05, 3.63) is 53.7 Å². The van der Waals surface area contributed by atoms with Crippen LogP contribution in [0.4, 0.5) is 5.82 Å². The van der Waals surface area contributed by atoms with Gasteiger partial charge in [0.1, 0.15) is 18.5 Å². The van der Waals surface area contributed by atoms with E-state index in [1.54, 1.807) is 46.4 Å². The summed E-state index contributed by atoms with van der Waals surface area (Å²) in [6.07, 6.45) is 10.6. The highest BCUT2D eigenvalue weighted by atomic mass is 16.1. The van der Waals surface area contributed by atoms with Gasteiger partial charge in [0.05, 0.1) is 18.0 Å². The van der Waals surface area contributed by atoms with E-state index in [9.17, 15) is 4.79 Å². The van der Waals surface area contributed by atoms with Crippen LogP contribution in [0.15, 0.2) is 48.2 Å². The number of fused-ring (bicyclic) bond motifs is 1. The van der Waals surface area contributed by atoms with Gasteiger partial charge in [-0.2, -0.15) is 10.2 Å². The molecule has 1 aliphatic rings. The molecule has 0 bridgehead atoms. The van der Waals surface area contributed by atoms with Crippen molar-refractivity contribution in [2.75, 3.05) is 11.4 Å². The molecule has 4 aromatic heterocycles. The standard InChI is InChI=1S/C18H19N9O/c1-24-10-14-17(23-24)20-11-21-18(14)26-7-2-3-13(26)9-27-16(28)5-4-15(22-27)25-8-6-19-12-25/h4-6,8,10-13H,2-3,7,9H2,1H3. The van der Waals surface area contributed by atoms with Gasteiger partial charge in [-0.05, 0) is 18.9 Å². The zero-order valence-electron chi connectivity index (χ0n) is 15.4. The molecule has 0 aliphatic carbocycles. The van der Waals surface area contributed by atoms with Crippen LogP contribution in [0.1, 0.15) is 12.8 Å². The quantitative estimate of drug-likeness (QED) is 0.518. The number of hydrogen-bond acceptors (Lipinski definition) is 7. The van der Waals surface area contributed by atoms with Crippen LogP contribution in [0.25, 0.3) is 16.9 Å². The smallest absolute Gasteiger partial charge is 0.266 e. The Kier molecular flexibility index (Phi) is 3.89. The fourth-order valence-electron chi connectivity index (χ4n) is 3.77. The second-order valence-electron chi connectivity index (χ2n) is 6.91. The Morgan fingerprint density at radius 3 is 3.00 bits per heavy atom. The summed E-state index contributed by atoms with van der Waals surface area (Å²) in [5, 5.41) is 9.82. The zero-order chi connectivity index (χ0) is 19.1. The molecule has 5 heterocycles. The predicted molar refractivity (Wildman–Crippen MR) is 102 cm³/mol. The summed E-state index contributed by atoms with van der Waals surface area (Å²) in [4.78, 5) is 27.5. The number of imidazole rings is 1. The number of aromatic nitrogens is 8. The van der Waals surface area contributed by atoms with E-state index in [4.69, 9.17) is 0 Å². The van der Waals surface area contributed by atoms with Crippen LogP contribution >= 0.6 is 0 Å². The molecule has 0 amide bonds. The average molecular weight is 377 g/mol. The Hall–Kier alpha value is -3.56. The molecule has 0 spiro atoms. The Morgan fingerprint density at radius 1 is 1.21 bits per heavy atom. The van der Waals surface area contributed by atoms with Crippen LogP contribution in [0.2, 0.25) is 0 Å². The first-order valence-corrected chi connectivity index (χ1v) is 9.16. The van der Waals surface area contributed by atoms with Crippen molar-refractivity contribution in [3.63, 3.8) is 0 Å². The van der Waals surface area contributed by atoms with E-state index < -0.39 is 0 Å². The van der Waals surface area contributed by atoms with Gasteiger partial charge in [0.25, 0.3) is 5.56 Å². The molecule has 0 radical (unpaired) electrons. The van der Waals surface area contributed by atoms with Gasteiger partial charge < -0.3 is 4.90 Å². The third kappa shape index (κ3) is 2.82. The van der Waals surface area contributed by atoms with Gasteiger partial charge in [-0.1, -0.05) is 0 Å². The monoisotopic (exact) mass is 377 g/mol. The van der Waals surface area contributed by atoms with Gasteiger partial charge in [0.15, 0.2) is 11.5 Å². The molecule has 0 aromatic carbocycles. The van der Waals surface area contributed by atoms with Crippen molar-refractivity contribution >= 4 is 16.9 Å². The van der Waals surface area contributed by atoms with Crippen LogP contribution in [0.3, 0.4) is 0 Å². The third-order valence-corrected chi connectivity index (χ3v) is 5.06. The van der Waals surface area contributed by atoms with Crippen molar-refractivity contribution in [1.82, 2.24) is 39.1 Å². The first-order chi connectivity index (χ1) is 13.7. The molecule has 0 saturated carbocycles. The Labute approximate surface area is 160 Å². The van der Waals surface area contributed by atoms with E-state index in [0.29, 0.717) is 18.0 Å². The summed E-state index contributed by atoms with van der Waals surface area (Å²) in [7, 11) is 1.87. The summed E-state index contributed by atoms with van der Waals surface area (Å²) in [5.74, 6) is 1.53. The third-order valence-electron chi connectivity index (χ3n) is 5.06. The highest BCUT2D eigenvalue weighted by molar-refractivity contribution is 5.86. The number of rotatable bonds is 4. The molecule has 0 N–H and O–H groups in total. The molecule has 1 saturated heterocycles. The first-order valence-electron chi connectivity index (χ1n) is 9.16. The van der Waals surface area contributed by atoms with E-state index >= 15 is 0 Å². The van der Waals surface area contributed by atoms with E-state index in [1.165, 1.54) is 4.68 Å². The molecular weight excluding hydrogens is 358 g/mol. The van der Waals surface area contributed by atoms with Crippen molar-refractivity contribution in [2.24, 2.45) is 7.05 Å². The van der Waals surface area contributed by atoms with Gasteiger partial charge >= 0.3 is 0 Å². The molecule has 5 rings (SSSR count). The lowest BCUT2D eigenvalue weighted by Gasteiger charge is -2.26. The second-order valence-corrected chi connectivity index (χ2v) is 6.91. The van der Waals surface area contributed by atoms with E-state index in [0.717, 1.165) is 30.6 Å². The lowest BCUT2D eigenvalue weighted by Crippen LogP contribution is -2.37. The van der Waals surface area contributed by atoms with Gasteiger partial charge in [-0.3, -0.25) is 14.0 Å². The van der Waals surface area contributed by atoms with Gasteiger partial charge in [-0.15, -0.1) is 0 Å². The lowest BCUT2D eigenvalue weighted by atomic mass is 10.2. The summed E-state index contributed by atoms with van der Waals surface area (Å²) in [6, 6.07) is 3.38. The Balaban J connectivity index is 1.48. The van der Waals surface area contributed by atoms with E-state index in [-0.39, 0.29) is 11.6 Å². The number of nitrogens with zero attached hydrogens (tertiary/aromatic N) is 9. The zero-order valence-corrected chi connectivity index (χ0v) is 15.4. The van der Waals surface area contributed by atoms with Crippen molar-refractivity contribution < 1.29 is 0 Å². The van der Waals surface area contributed by atoms with Crippen molar-refractivity contribution in [3.8, 4) is 5.82 Å². The van der Waals surface area contributed by atoms with Crippen molar-refractivity contribution in [2.45, 2.75) is 25.4 Å². The first kappa shape index (κ1) is 16.6. The van der Waals surface area contributed by atoms with Crippen LogP contribution in [0.5, 0.6) is 0 Å². The highest BCUT2D eigenvalue weighted by Gasteiger charge is 2.28. The normalized spacial score (nSPS) is 16.9. The molecule has 142 valence electrons. The summed E-state index contributed by atoms with van der Waals surface area (Å²) >= 11 is 0. The SMILES string of the molecule is Cn1cc2c(N3CCCC3Cn3nc(-n4ccnc4)ccc3=O)ncnc2n1.